The Morgan fingerprint density at radius 2 is 2.00 bits per heavy atom. The van der Waals surface area contributed by atoms with Gasteiger partial charge >= 0.3 is 0 Å². The van der Waals surface area contributed by atoms with Crippen molar-refractivity contribution in [1.82, 2.24) is 4.57 Å². The van der Waals surface area contributed by atoms with E-state index in [1.54, 1.807) is 6.07 Å². The second kappa shape index (κ2) is 5.34. The van der Waals surface area contributed by atoms with Crippen molar-refractivity contribution in [1.29, 1.82) is 0 Å². The van der Waals surface area contributed by atoms with E-state index in [1.807, 2.05) is 41.1 Å². The minimum Gasteiger partial charge on any atom is -0.494 e. The molecule has 0 fully saturated rings. The molecule has 0 N–H and O–H groups in total. The first kappa shape index (κ1) is 11.5. The maximum absolute atomic E-state index is 10.8. The number of carbonyl (C=O) groups excluding carboxylic acids is 1. The SMILES string of the molecule is CCCOc1ccc(-n2cccc2C=O)cc1. The zero-order chi connectivity index (χ0) is 12.1. The summed E-state index contributed by atoms with van der Waals surface area (Å²) >= 11 is 0. The zero-order valence-electron chi connectivity index (χ0n) is 9.80. The molecule has 0 bridgehead atoms. The fourth-order valence-electron chi connectivity index (χ4n) is 1.65. The van der Waals surface area contributed by atoms with Gasteiger partial charge in [-0.1, -0.05) is 6.92 Å². The van der Waals surface area contributed by atoms with Crippen LogP contribution >= 0.6 is 0 Å². The van der Waals surface area contributed by atoms with Crippen LogP contribution in [0.3, 0.4) is 0 Å². The van der Waals surface area contributed by atoms with Crippen LogP contribution in [0.15, 0.2) is 42.6 Å². The highest BCUT2D eigenvalue weighted by Crippen LogP contribution is 2.17. The van der Waals surface area contributed by atoms with Crippen LogP contribution in [0.1, 0.15) is 23.8 Å². The summed E-state index contributed by atoms with van der Waals surface area (Å²) in [5.41, 5.74) is 1.60. The van der Waals surface area contributed by atoms with Crippen molar-refractivity contribution in [2.24, 2.45) is 0 Å². The first-order valence-electron chi connectivity index (χ1n) is 5.71. The van der Waals surface area contributed by atoms with E-state index in [1.165, 1.54) is 0 Å². The van der Waals surface area contributed by atoms with Gasteiger partial charge in [-0.25, -0.2) is 0 Å². The lowest BCUT2D eigenvalue weighted by molar-refractivity contribution is 0.111. The molecule has 3 heteroatoms. The maximum atomic E-state index is 10.8. The molecule has 0 unspecified atom stereocenters. The topological polar surface area (TPSA) is 31.2 Å². The molecule has 2 rings (SSSR count). The van der Waals surface area contributed by atoms with Gasteiger partial charge in [0.05, 0.1) is 12.3 Å². The molecule has 88 valence electrons. The lowest BCUT2D eigenvalue weighted by Gasteiger charge is -2.08. The molecule has 0 aliphatic carbocycles. The van der Waals surface area contributed by atoms with E-state index < -0.39 is 0 Å². The molecule has 0 amide bonds. The van der Waals surface area contributed by atoms with Crippen LogP contribution in [-0.4, -0.2) is 17.5 Å². The van der Waals surface area contributed by atoms with Crippen molar-refractivity contribution in [2.45, 2.75) is 13.3 Å². The molecule has 0 aliphatic heterocycles. The zero-order valence-corrected chi connectivity index (χ0v) is 9.80. The second-order valence-electron chi connectivity index (χ2n) is 3.76. The molecule has 0 saturated heterocycles. The predicted octanol–water partition coefficient (Wildman–Crippen LogP) is 3.08. The number of aldehydes is 1. The molecular weight excluding hydrogens is 214 g/mol. The lowest BCUT2D eigenvalue weighted by atomic mass is 10.3. The molecule has 3 nitrogen and oxygen atoms in total. The highest BCUT2D eigenvalue weighted by atomic mass is 16.5. The minimum atomic E-state index is 0.646. The van der Waals surface area contributed by atoms with Crippen LogP contribution in [-0.2, 0) is 0 Å². The van der Waals surface area contributed by atoms with Gasteiger partial charge in [0.1, 0.15) is 5.75 Å². The van der Waals surface area contributed by atoms with Crippen LogP contribution < -0.4 is 4.74 Å². The van der Waals surface area contributed by atoms with Crippen molar-refractivity contribution in [2.75, 3.05) is 6.61 Å². The largest absolute Gasteiger partial charge is 0.494 e. The van der Waals surface area contributed by atoms with Gasteiger partial charge in [-0.05, 0) is 42.8 Å². The summed E-state index contributed by atoms with van der Waals surface area (Å²) in [7, 11) is 0. The Labute approximate surface area is 101 Å². The quantitative estimate of drug-likeness (QED) is 0.738. The summed E-state index contributed by atoms with van der Waals surface area (Å²) in [5, 5.41) is 0. The van der Waals surface area contributed by atoms with Crippen molar-refractivity contribution >= 4 is 6.29 Å². The highest BCUT2D eigenvalue weighted by Gasteiger charge is 2.02. The third-order valence-corrected chi connectivity index (χ3v) is 2.49. The highest BCUT2D eigenvalue weighted by molar-refractivity contribution is 5.73. The summed E-state index contributed by atoms with van der Waals surface area (Å²) in [5.74, 6) is 0.857. The minimum absolute atomic E-state index is 0.646. The Bertz CT molecular complexity index is 485. The van der Waals surface area contributed by atoms with Crippen molar-refractivity contribution in [3.8, 4) is 11.4 Å². The van der Waals surface area contributed by atoms with Gasteiger partial charge in [-0.15, -0.1) is 0 Å². The molecule has 0 atom stereocenters. The molecule has 17 heavy (non-hydrogen) atoms. The van der Waals surface area contributed by atoms with Crippen LogP contribution in [0.2, 0.25) is 0 Å². The van der Waals surface area contributed by atoms with E-state index in [2.05, 4.69) is 6.92 Å². The van der Waals surface area contributed by atoms with Gasteiger partial charge < -0.3 is 9.30 Å². The van der Waals surface area contributed by atoms with Gasteiger partial charge in [-0.2, -0.15) is 0 Å². The maximum Gasteiger partial charge on any atom is 0.166 e. The Hall–Kier alpha value is -2.03. The van der Waals surface area contributed by atoms with Crippen LogP contribution in [0.5, 0.6) is 5.75 Å². The molecule has 1 aromatic carbocycles. The Kier molecular flexibility index (Phi) is 3.60. The third kappa shape index (κ3) is 2.56. The standard InChI is InChI=1S/C14H15NO2/c1-2-10-17-14-7-5-12(6-8-14)15-9-3-4-13(15)11-16/h3-9,11H,2,10H2,1H3. The monoisotopic (exact) mass is 229 g/mol. The summed E-state index contributed by atoms with van der Waals surface area (Å²) in [6.45, 7) is 2.80. The number of aromatic nitrogens is 1. The van der Waals surface area contributed by atoms with E-state index in [-0.39, 0.29) is 0 Å². The molecular formula is C14H15NO2. The summed E-state index contributed by atoms with van der Waals surface area (Å²) in [6.07, 6.45) is 3.71. The number of benzene rings is 1. The van der Waals surface area contributed by atoms with Gasteiger partial charge in [-0.3, -0.25) is 4.79 Å². The number of hydrogen-bond acceptors (Lipinski definition) is 2. The fraction of sp³-hybridized carbons (Fsp3) is 0.214. The Morgan fingerprint density at radius 3 is 2.65 bits per heavy atom. The average molecular weight is 229 g/mol. The van der Waals surface area contributed by atoms with E-state index in [0.29, 0.717) is 5.69 Å². The van der Waals surface area contributed by atoms with E-state index in [9.17, 15) is 4.79 Å². The summed E-state index contributed by atoms with van der Waals surface area (Å²) in [4.78, 5) is 10.8. The first-order chi connectivity index (χ1) is 8.35. The van der Waals surface area contributed by atoms with Gasteiger partial charge in [0.15, 0.2) is 6.29 Å². The smallest absolute Gasteiger partial charge is 0.166 e. The third-order valence-electron chi connectivity index (χ3n) is 2.49. The predicted molar refractivity (Wildman–Crippen MR) is 66.9 cm³/mol. The van der Waals surface area contributed by atoms with Crippen LogP contribution in [0.4, 0.5) is 0 Å². The Balaban J connectivity index is 2.20. The van der Waals surface area contributed by atoms with Crippen molar-refractivity contribution in [3.05, 3.63) is 48.3 Å². The normalized spacial score (nSPS) is 10.2. The first-order valence-corrected chi connectivity index (χ1v) is 5.71. The van der Waals surface area contributed by atoms with Crippen LogP contribution in [0, 0.1) is 0 Å². The number of nitrogens with zero attached hydrogens (tertiary/aromatic N) is 1. The number of hydrogen-bond donors (Lipinski definition) is 0. The summed E-state index contributed by atoms with van der Waals surface area (Å²) in [6, 6.07) is 11.4. The number of carbonyl (C=O) groups is 1. The van der Waals surface area contributed by atoms with Gasteiger partial charge in [0, 0.05) is 11.9 Å². The number of rotatable bonds is 5. The lowest BCUT2D eigenvalue weighted by Crippen LogP contribution is -1.98. The van der Waals surface area contributed by atoms with Gasteiger partial charge in [0.25, 0.3) is 0 Å². The second-order valence-corrected chi connectivity index (χ2v) is 3.76. The van der Waals surface area contributed by atoms with Crippen LogP contribution in [0.25, 0.3) is 5.69 Å². The molecule has 1 aromatic heterocycles. The van der Waals surface area contributed by atoms with Crippen molar-refractivity contribution in [3.63, 3.8) is 0 Å². The fourth-order valence-corrected chi connectivity index (χ4v) is 1.65. The van der Waals surface area contributed by atoms with Crippen molar-refractivity contribution < 1.29 is 9.53 Å². The summed E-state index contributed by atoms with van der Waals surface area (Å²) < 4.78 is 7.35. The molecule has 2 aromatic rings. The Morgan fingerprint density at radius 1 is 1.24 bits per heavy atom. The average Bonchev–Trinajstić information content (AvgIpc) is 2.85. The van der Waals surface area contributed by atoms with Gasteiger partial charge in [0.2, 0.25) is 0 Å². The molecule has 1 heterocycles. The van der Waals surface area contributed by atoms with E-state index >= 15 is 0 Å². The van der Waals surface area contributed by atoms with E-state index in [4.69, 9.17) is 4.74 Å². The van der Waals surface area contributed by atoms with E-state index in [0.717, 1.165) is 30.8 Å². The molecule has 0 spiro atoms. The molecule has 0 radical (unpaired) electrons. The number of ether oxygens (including phenoxy) is 1. The molecule has 0 aliphatic rings. The molecule has 0 saturated carbocycles.